The highest BCUT2D eigenvalue weighted by molar-refractivity contribution is 7.99. The maximum absolute atomic E-state index is 3.75. The Bertz CT molecular complexity index is 228. The highest BCUT2D eigenvalue weighted by Crippen LogP contribution is 2.32. The van der Waals surface area contributed by atoms with Crippen molar-refractivity contribution in [2.45, 2.75) is 62.7 Å². The first kappa shape index (κ1) is 11.4. The molecule has 1 N–H and O–H groups in total. The molecule has 3 aliphatic rings. The quantitative estimate of drug-likeness (QED) is 0.796. The lowest BCUT2D eigenvalue weighted by Crippen LogP contribution is -2.50. The lowest BCUT2D eigenvalue weighted by molar-refractivity contribution is 0.118. The van der Waals surface area contributed by atoms with Crippen molar-refractivity contribution < 1.29 is 0 Å². The minimum absolute atomic E-state index is 0.837. The smallest absolute Gasteiger partial charge is 0.0125 e. The number of rotatable bonds is 2. The van der Waals surface area contributed by atoms with E-state index in [0.29, 0.717) is 0 Å². The lowest BCUT2D eigenvalue weighted by atomic mass is 9.96. The molecule has 3 aliphatic heterocycles. The standard InChI is InChI=1S/C13H24N2S/c1-15(12-4-6-16-7-5-12)13-8-10-2-3-11(9-13)14-10/h10-14H,2-9H2,1H3. The fourth-order valence-electron chi connectivity index (χ4n) is 3.75. The van der Waals surface area contributed by atoms with Gasteiger partial charge in [0.05, 0.1) is 0 Å². The van der Waals surface area contributed by atoms with E-state index < -0.39 is 0 Å². The van der Waals surface area contributed by atoms with E-state index in [2.05, 4.69) is 29.0 Å². The molecule has 92 valence electrons. The van der Waals surface area contributed by atoms with Crippen LogP contribution in [0.2, 0.25) is 0 Å². The topological polar surface area (TPSA) is 15.3 Å². The number of hydrogen-bond acceptors (Lipinski definition) is 3. The van der Waals surface area contributed by atoms with Crippen LogP contribution in [-0.4, -0.2) is 47.6 Å². The fourth-order valence-corrected chi connectivity index (χ4v) is 4.83. The first-order valence-electron chi connectivity index (χ1n) is 6.88. The van der Waals surface area contributed by atoms with E-state index in [1.54, 1.807) is 0 Å². The van der Waals surface area contributed by atoms with E-state index >= 15 is 0 Å². The molecule has 0 aromatic heterocycles. The number of nitrogens with one attached hydrogen (secondary N) is 1. The van der Waals surface area contributed by atoms with Crippen LogP contribution >= 0.6 is 11.8 Å². The second-order valence-electron chi connectivity index (χ2n) is 5.77. The lowest BCUT2D eigenvalue weighted by Gasteiger charge is -2.41. The summed E-state index contributed by atoms with van der Waals surface area (Å²) in [5.41, 5.74) is 0. The Morgan fingerprint density at radius 2 is 1.56 bits per heavy atom. The van der Waals surface area contributed by atoms with Crippen molar-refractivity contribution in [3.8, 4) is 0 Å². The molecular weight excluding hydrogens is 216 g/mol. The van der Waals surface area contributed by atoms with Crippen LogP contribution in [0.25, 0.3) is 0 Å². The Hall–Kier alpha value is 0.270. The van der Waals surface area contributed by atoms with Crippen LogP contribution < -0.4 is 5.32 Å². The SMILES string of the molecule is CN(C1CCSCC1)C1CC2CCC(C1)N2. The monoisotopic (exact) mass is 240 g/mol. The van der Waals surface area contributed by atoms with Crippen LogP contribution in [-0.2, 0) is 0 Å². The van der Waals surface area contributed by atoms with E-state index in [1.807, 2.05) is 0 Å². The molecule has 16 heavy (non-hydrogen) atoms. The molecule has 0 aliphatic carbocycles. The Kier molecular flexibility index (Phi) is 3.46. The largest absolute Gasteiger partial charge is 0.311 e. The first-order chi connectivity index (χ1) is 7.83. The summed E-state index contributed by atoms with van der Waals surface area (Å²) in [6, 6.07) is 3.42. The van der Waals surface area contributed by atoms with Crippen molar-refractivity contribution in [1.82, 2.24) is 10.2 Å². The van der Waals surface area contributed by atoms with Gasteiger partial charge in [-0.05, 0) is 57.1 Å². The zero-order valence-electron chi connectivity index (χ0n) is 10.3. The summed E-state index contributed by atoms with van der Waals surface area (Å²) in [6.45, 7) is 0. The Morgan fingerprint density at radius 1 is 0.938 bits per heavy atom. The van der Waals surface area contributed by atoms with Gasteiger partial charge < -0.3 is 10.2 Å². The van der Waals surface area contributed by atoms with Crippen molar-refractivity contribution in [1.29, 1.82) is 0 Å². The molecule has 0 radical (unpaired) electrons. The van der Waals surface area contributed by atoms with Gasteiger partial charge in [0.15, 0.2) is 0 Å². The van der Waals surface area contributed by atoms with Crippen LogP contribution in [0.3, 0.4) is 0 Å². The van der Waals surface area contributed by atoms with Gasteiger partial charge in [-0.2, -0.15) is 11.8 Å². The summed E-state index contributed by atoms with van der Waals surface area (Å²) in [5, 5.41) is 3.75. The molecule has 2 atom stereocenters. The summed E-state index contributed by atoms with van der Waals surface area (Å²) in [4.78, 5) is 2.73. The maximum Gasteiger partial charge on any atom is 0.0125 e. The number of nitrogens with zero attached hydrogens (tertiary/aromatic N) is 1. The summed E-state index contributed by atoms with van der Waals surface area (Å²) >= 11 is 2.14. The summed E-state index contributed by atoms with van der Waals surface area (Å²) in [7, 11) is 2.38. The maximum atomic E-state index is 3.75. The van der Waals surface area contributed by atoms with Crippen LogP contribution in [0.4, 0.5) is 0 Å². The molecule has 0 aromatic carbocycles. The molecule has 3 heteroatoms. The number of fused-ring (bicyclic) bond motifs is 2. The normalized spacial score (nSPS) is 40.5. The van der Waals surface area contributed by atoms with Crippen molar-refractivity contribution in [2.75, 3.05) is 18.6 Å². The predicted molar refractivity (Wildman–Crippen MR) is 71.1 cm³/mol. The molecular formula is C13H24N2S. The van der Waals surface area contributed by atoms with E-state index in [9.17, 15) is 0 Å². The Morgan fingerprint density at radius 3 is 2.19 bits per heavy atom. The minimum atomic E-state index is 0.837. The van der Waals surface area contributed by atoms with Gasteiger partial charge in [0.25, 0.3) is 0 Å². The molecule has 2 bridgehead atoms. The van der Waals surface area contributed by atoms with Crippen molar-refractivity contribution >= 4 is 11.8 Å². The van der Waals surface area contributed by atoms with E-state index in [0.717, 1.165) is 24.2 Å². The zero-order valence-corrected chi connectivity index (χ0v) is 11.1. The summed E-state index contributed by atoms with van der Waals surface area (Å²) in [5.74, 6) is 2.76. The number of hydrogen-bond donors (Lipinski definition) is 1. The van der Waals surface area contributed by atoms with E-state index in [4.69, 9.17) is 0 Å². The van der Waals surface area contributed by atoms with Gasteiger partial charge in [-0.25, -0.2) is 0 Å². The Balaban J connectivity index is 1.59. The first-order valence-corrected chi connectivity index (χ1v) is 8.04. The second-order valence-corrected chi connectivity index (χ2v) is 7.00. The van der Waals surface area contributed by atoms with Gasteiger partial charge >= 0.3 is 0 Å². The molecule has 3 fully saturated rings. The van der Waals surface area contributed by atoms with Crippen LogP contribution in [0, 0.1) is 0 Å². The molecule has 2 unspecified atom stereocenters. The zero-order chi connectivity index (χ0) is 11.0. The molecule has 0 saturated carbocycles. The third-order valence-corrected chi connectivity index (χ3v) is 5.84. The molecule has 0 spiro atoms. The van der Waals surface area contributed by atoms with Crippen LogP contribution in [0.1, 0.15) is 38.5 Å². The molecule has 2 nitrogen and oxygen atoms in total. The van der Waals surface area contributed by atoms with Gasteiger partial charge in [-0.3, -0.25) is 0 Å². The minimum Gasteiger partial charge on any atom is -0.311 e. The van der Waals surface area contributed by atoms with Crippen LogP contribution in [0.15, 0.2) is 0 Å². The average Bonchev–Trinajstić information content (AvgIpc) is 2.68. The van der Waals surface area contributed by atoms with Crippen molar-refractivity contribution in [3.05, 3.63) is 0 Å². The predicted octanol–water partition coefficient (Wildman–Crippen LogP) is 2.10. The van der Waals surface area contributed by atoms with Gasteiger partial charge in [-0.15, -0.1) is 0 Å². The van der Waals surface area contributed by atoms with E-state index in [1.165, 1.54) is 50.0 Å². The highest BCUT2D eigenvalue weighted by atomic mass is 32.2. The van der Waals surface area contributed by atoms with E-state index in [-0.39, 0.29) is 0 Å². The average molecular weight is 240 g/mol. The van der Waals surface area contributed by atoms with Gasteiger partial charge in [0, 0.05) is 24.2 Å². The van der Waals surface area contributed by atoms with Gasteiger partial charge in [0.2, 0.25) is 0 Å². The summed E-state index contributed by atoms with van der Waals surface area (Å²) in [6.07, 6.45) is 8.49. The Labute approximate surface area is 104 Å². The molecule has 3 heterocycles. The second kappa shape index (κ2) is 4.87. The van der Waals surface area contributed by atoms with Gasteiger partial charge in [-0.1, -0.05) is 0 Å². The molecule has 3 saturated heterocycles. The number of thioether (sulfide) groups is 1. The third kappa shape index (κ3) is 2.27. The summed E-state index contributed by atoms with van der Waals surface area (Å²) < 4.78 is 0. The van der Waals surface area contributed by atoms with Crippen molar-refractivity contribution in [2.24, 2.45) is 0 Å². The highest BCUT2D eigenvalue weighted by Gasteiger charge is 2.36. The van der Waals surface area contributed by atoms with Crippen LogP contribution in [0.5, 0.6) is 0 Å². The third-order valence-electron chi connectivity index (χ3n) is 4.79. The molecule has 0 amide bonds. The molecule has 0 aromatic rings. The fraction of sp³-hybridized carbons (Fsp3) is 1.00. The van der Waals surface area contributed by atoms with Crippen molar-refractivity contribution in [3.63, 3.8) is 0 Å². The van der Waals surface area contributed by atoms with Gasteiger partial charge in [0.1, 0.15) is 0 Å². The molecule has 3 rings (SSSR count). The number of piperidine rings is 1.